The molecule has 114 valence electrons. The maximum atomic E-state index is 5.79. The van der Waals surface area contributed by atoms with Crippen molar-refractivity contribution < 1.29 is 4.74 Å². The van der Waals surface area contributed by atoms with Crippen molar-refractivity contribution in [2.75, 3.05) is 11.9 Å². The normalized spacial score (nSPS) is 10.7. The standard InChI is InChI=1S/C18H26N2O/c1-5-11-21-18-10-8-7-9-17(18)19-13-16-12-14(3)20(6-2)15(16)4/h7-10,12,19H,5-6,11,13H2,1-4H3. The van der Waals surface area contributed by atoms with Gasteiger partial charge in [-0.25, -0.2) is 0 Å². The molecule has 1 aromatic carbocycles. The molecule has 0 spiro atoms. The highest BCUT2D eigenvalue weighted by Crippen LogP contribution is 2.25. The predicted octanol–water partition coefficient (Wildman–Crippen LogP) is 4.53. The average molecular weight is 286 g/mol. The van der Waals surface area contributed by atoms with Crippen LogP contribution < -0.4 is 10.1 Å². The molecule has 2 aromatic rings. The Morgan fingerprint density at radius 3 is 2.57 bits per heavy atom. The summed E-state index contributed by atoms with van der Waals surface area (Å²) in [6, 6.07) is 10.4. The fourth-order valence-corrected chi connectivity index (χ4v) is 2.68. The lowest BCUT2D eigenvalue weighted by atomic mass is 10.2. The Kier molecular flexibility index (Phi) is 5.32. The number of benzene rings is 1. The second-order valence-electron chi connectivity index (χ2n) is 5.34. The van der Waals surface area contributed by atoms with Gasteiger partial charge in [0.2, 0.25) is 0 Å². The van der Waals surface area contributed by atoms with Crippen molar-refractivity contribution in [1.82, 2.24) is 4.57 Å². The zero-order chi connectivity index (χ0) is 15.2. The average Bonchev–Trinajstić information content (AvgIpc) is 2.77. The number of para-hydroxylation sites is 2. The molecule has 0 aliphatic rings. The van der Waals surface area contributed by atoms with Crippen LogP contribution in [0.25, 0.3) is 0 Å². The van der Waals surface area contributed by atoms with Gasteiger partial charge in [0.05, 0.1) is 12.3 Å². The molecular weight excluding hydrogens is 260 g/mol. The van der Waals surface area contributed by atoms with Crippen molar-refractivity contribution in [2.45, 2.75) is 47.2 Å². The lowest BCUT2D eigenvalue weighted by Crippen LogP contribution is -2.05. The number of ether oxygens (including phenoxy) is 1. The molecule has 0 aliphatic carbocycles. The summed E-state index contributed by atoms with van der Waals surface area (Å²) in [5.41, 5.74) is 5.07. The van der Waals surface area contributed by atoms with E-state index in [1.54, 1.807) is 0 Å². The summed E-state index contributed by atoms with van der Waals surface area (Å²) in [5.74, 6) is 0.934. The van der Waals surface area contributed by atoms with E-state index in [0.29, 0.717) is 0 Å². The minimum Gasteiger partial charge on any atom is -0.491 e. The number of rotatable bonds is 7. The summed E-state index contributed by atoms with van der Waals surface area (Å²) in [5, 5.41) is 3.51. The van der Waals surface area contributed by atoms with Crippen LogP contribution in [0.15, 0.2) is 30.3 Å². The molecule has 0 atom stereocenters. The highest BCUT2D eigenvalue weighted by atomic mass is 16.5. The SMILES string of the molecule is CCCOc1ccccc1NCc1cc(C)n(CC)c1C. The van der Waals surface area contributed by atoms with Gasteiger partial charge in [0.15, 0.2) is 0 Å². The molecule has 0 amide bonds. The van der Waals surface area contributed by atoms with Crippen molar-refractivity contribution in [1.29, 1.82) is 0 Å². The zero-order valence-corrected chi connectivity index (χ0v) is 13.6. The van der Waals surface area contributed by atoms with Crippen LogP contribution in [0.2, 0.25) is 0 Å². The second-order valence-corrected chi connectivity index (χ2v) is 5.34. The molecule has 1 N–H and O–H groups in total. The number of hydrogen-bond donors (Lipinski definition) is 1. The minimum atomic E-state index is 0.753. The Morgan fingerprint density at radius 1 is 1.14 bits per heavy atom. The first-order chi connectivity index (χ1) is 10.2. The summed E-state index contributed by atoms with van der Waals surface area (Å²) < 4.78 is 8.13. The Balaban J connectivity index is 2.10. The number of hydrogen-bond acceptors (Lipinski definition) is 2. The Morgan fingerprint density at radius 2 is 1.90 bits per heavy atom. The van der Waals surface area contributed by atoms with Crippen molar-refractivity contribution in [3.8, 4) is 5.75 Å². The van der Waals surface area contributed by atoms with Crippen molar-refractivity contribution >= 4 is 5.69 Å². The Labute approximate surface area is 127 Å². The molecule has 0 bridgehead atoms. The van der Waals surface area contributed by atoms with Gasteiger partial charge in [0, 0.05) is 24.5 Å². The highest BCUT2D eigenvalue weighted by molar-refractivity contribution is 5.56. The summed E-state index contributed by atoms with van der Waals surface area (Å²) in [6.45, 7) is 11.3. The lowest BCUT2D eigenvalue weighted by molar-refractivity contribution is 0.319. The maximum absolute atomic E-state index is 5.79. The predicted molar refractivity (Wildman–Crippen MR) is 89.1 cm³/mol. The third-order valence-electron chi connectivity index (χ3n) is 3.81. The number of anilines is 1. The van der Waals surface area contributed by atoms with Gasteiger partial charge >= 0.3 is 0 Å². The van der Waals surface area contributed by atoms with E-state index < -0.39 is 0 Å². The van der Waals surface area contributed by atoms with Gasteiger partial charge in [-0.1, -0.05) is 19.1 Å². The van der Waals surface area contributed by atoms with Gasteiger partial charge in [0.1, 0.15) is 5.75 Å². The maximum Gasteiger partial charge on any atom is 0.142 e. The van der Waals surface area contributed by atoms with E-state index in [2.05, 4.69) is 49.7 Å². The van der Waals surface area contributed by atoms with E-state index >= 15 is 0 Å². The number of nitrogens with zero attached hydrogens (tertiary/aromatic N) is 1. The van der Waals surface area contributed by atoms with Gasteiger partial charge in [-0.3, -0.25) is 0 Å². The van der Waals surface area contributed by atoms with Crippen molar-refractivity contribution in [2.24, 2.45) is 0 Å². The summed E-state index contributed by atoms with van der Waals surface area (Å²) in [7, 11) is 0. The van der Waals surface area contributed by atoms with Gasteiger partial charge in [0.25, 0.3) is 0 Å². The molecule has 0 unspecified atom stereocenters. The van der Waals surface area contributed by atoms with Crippen LogP contribution in [0, 0.1) is 13.8 Å². The first kappa shape index (κ1) is 15.5. The lowest BCUT2D eigenvalue weighted by Gasteiger charge is -2.13. The van der Waals surface area contributed by atoms with E-state index in [1.807, 2.05) is 18.2 Å². The number of aromatic nitrogens is 1. The monoisotopic (exact) mass is 286 g/mol. The fourth-order valence-electron chi connectivity index (χ4n) is 2.68. The summed E-state index contributed by atoms with van der Waals surface area (Å²) >= 11 is 0. The first-order valence-corrected chi connectivity index (χ1v) is 7.78. The summed E-state index contributed by atoms with van der Waals surface area (Å²) in [4.78, 5) is 0. The van der Waals surface area contributed by atoms with E-state index in [1.165, 1.54) is 17.0 Å². The van der Waals surface area contributed by atoms with Gasteiger partial charge in [-0.05, 0) is 51.0 Å². The highest BCUT2D eigenvalue weighted by Gasteiger charge is 2.08. The second kappa shape index (κ2) is 7.21. The largest absolute Gasteiger partial charge is 0.491 e. The third kappa shape index (κ3) is 3.60. The van der Waals surface area contributed by atoms with Crippen LogP contribution in [-0.4, -0.2) is 11.2 Å². The topological polar surface area (TPSA) is 26.2 Å². The van der Waals surface area contributed by atoms with Crippen LogP contribution in [0.3, 0.4) is 0 Å². The van der Waals surface area contributed by atoms with Gasteiger partial charge < -0.3 is 14.6 Å². The molecule has 21 heavy (non-hydrogen) atoms. The number of aryl methyl sites for hydroxylation is 1. The van der Waals surface area contributed by atoms with Crippen LogP contribution in [0.5, 0.6) is 5.75 Å². The molecule has 0 radical (unpaired) electrons. The molecule has 0 saturated carbocycles. The van der Waals surface area contributed by atoms with Crippen LogP contribution >= 0.6 is 0 Å². The van der Waals surface area contributed by atoms with E-state index in [4.69, 9.17) is 4.74 Å². The van der Waals surface area contributed by atoms with Crippen LogP contribution in [0.1, 0.15) is 37.2 Å². The Bertz CT molecular complexity index is 587. The molecule has 1 heterocycles. The molecule has 0 fully saturated rings. The quantitative estimate of drug-likeness (QED) is 0.809. The van der Waals surface area contributed by atoms with Gasteiger partial charge in [-0.15, -0.1) is 0 Å². The summed E-state index contributed by atoms with van der Waals surface area (Å²) in [6.07, 6.45) is 1.02. The van der Waals surface area contributed by atoms with Crippen LogP contribution in [0.4, 0.5) is 5.69 Å². The molecule has 0 aliphatic heterocycles. The molecule has 3 heteroatoms. The third-order valence-corrected chi connectivity index (χ3v) is 3.81. The van der Waals surface area contributed by atoms with E-state index in [9.17, 15) is 0 Å². The smallest absolute Gasteiger partial charge is 0.142 e. The first-order valence-electron chi connectivity index (χ1n) is 7.78. The fraction of sp³-hybridized carbons (Fsp3) is 0.444. The van der Waals surface area contributed by atoms with Gasteiger partial charge in [-0.2, -0.15) is 0 Å². The molecular formula is C18H26N2O. The molecule has 2 rings (SSSR count). The zero-order valence-electron chi connectivity index (χ0n) is 13.6. The Hall–Kier alpha value is -1.90. The molecule has 3 nitrogen and oxygen atoms in total. The van der Waals surface area contributed by atoms with E-state index in [-0.39, 0.29) is 0 Å². The van der Waals surface area contributed by atoms with Crippen LogP contribution in [-0.2, 0) is 13.1 Å². The minimum absolute atomic E-state index is 0.753. The van der Waals surface area contributed by atoms with Crippen molar-refractivity contribution in [3.05, 3.63) is 47.3 Å². The molecule has 0 saturated heterocycles. The molecule has 1 aromatic heterocycles. The number of nitrogens with one attached hydrogen (secondary N) is 1. The van der Waals surface area contributed by atoms with E-state index in [0.717, 1.165) is 37.6 Å². The van der Waals surface area contributed by atoms with Crippen molar-refractivity contribution in [3.63, 3.8) is 0 Å².